The second-order valence-electron chi connectivity index (χ2n) is 9.40. The van der Waals surface area contributed by atoms with Gasteiger partial charge in [0.25, 0.3) is 0 Å². The van der Waals surface area contributed by atoms with Crippen molar-refractivity contribution in [2.45, 2.75) is 69.1 Å². The number of phenolic OH excluding ortho intramolecular Hbond substituents is 1. The zero-order valence-corrected chi connectivity index (χ0v) is 22.8. The number of carbonyl (C=O) groups is 5. The first kappa shape index (κ1) is 34.6. The maximum absolute atomic E-state index is 13.4. The number of guanidine groups is 1. The predicted octanol–water partition coefficient (Wildman–Crippen LogP) is -3.14. The number of hydrogen-bond donors (Lipinski definition) is 10. The van der Waals surface area contributed by atoms with Crippen molar-refractivity contribution in [1.82, 2.24) is 16.0 Å². The van der Waals surface area contributed by atoms with E-state index in [0.717, 1.165) is 0 Å². The van der Waals surface area contributed by atoms with Gasteiger partial charge in [-0.25, -0.2) is 4.79 Å². The number of nitrogens with one attached hydrogen (secondary N) is 3. The number of carbonyl (C=O) groups excluding carboxylic acids is 4. The molecule has 0 saturated heterocycles. The Morgan fingerprint density at radius 3 is 1.95 bits per heavy atom. The molecular weight excluding hydrogens is 538 g/mol. The summed E-state index contributed by atoms with van der Waals surface area (Å²) in [4.78, 5) is 65.8. The molecule has 0 spiro atoms. The smallest absolute Gasteiger partial charge is 0.326 e. The number of phenols is 1. The summed E-state index contributed by atoms with van der Waals surface area (Å²) in [5.74, 6) is -4.73. The lowest BCUT2D eigenvalue weighted by atomic mass is 10.0. The summed E-state index contributed by atoms with van der Waals surface area (Å²) in [7, 11) is 0. The third kappa shape index (κ3) is 14.0. The Labute approximate surface area is 237 Å². The van der Waals surface area contributed by atoms with Crippen LogP contribution in [0.5, 0.6) is 5.75 Å². The second kappa shape index (κ2) is 18.0. The lowest BCUT2D eigenvalue weighted by Crippen LogP contribution is -2.57. The third-order valence-electron chi connectivity index (χ3n) is 5.91. The Morgan fingerprint density at radius 2 is 1.39 bits per heavy atom. The van der Waals surface area contributed by atoms with E-state index in [-0.39, 0.29) is 37.5 Å². The van der Waals surface area contributed by atoms with Crippen molar-refractivity contribution in [1.29, 1.82) is 0 Å². The van der Waals surface area contributed by atoms with Crippen LogP contribution in [-0.4, -0.2) is 83.0 Å². The molecule has 0 aromatic heterocycles. The molecule has 0 radical (unpaired) electrons. The zero-order chi connectivity index (χ0) is 30.9. The summed E-state index contributed by atoms with van der Waals surface area (Å²) in [6.07, 6.45) is 0.989. The maximum Gasteiger partial charge on any atom is 0.326 e. The Bertz CT molecular complexity index is 1060. The Morgan fingerprint density at radius 1 is 0.805 bits per heavy atom. The normalized spacial score (nSPS) is 13.6. The minimum absolute atomic E-state index is 0.00201. The highest BCUT2D eigenvalue weighted by Crippen LogP contribution is 2.12. The van der Waals surface area contributed by atoms with Gasteiger partial charge in [-0.3, -0.25) is 24.2 Å². The lowest BCUT2D eigenvalue weighted by Gasteiger charge is -2.25. The summed E-state index contributed by atoms with van der Waals surface area (Å²) in [5, 5.41) is 26.3. The second-order valence-corrected chi connectivity index (χ2v) is 9.40. The van der Waals surface area contributed by atoms with E-state index < -0.39 is 60.2 Å². The van der Waals surface area contributed by atoms with Crippen LogP contribution in [0, 0.1) is 0 Å². The van der Waals surface area contributed by atoms with E-state index in [1.807, 2.05) is 0 Å². The van der Waals surface area contributed by atoms with Crippen LogP contribution < -0.4 is 44.6 Å². The molecule has 228 valence electrons. The Kier molecular flexibility index (Phi) is 15.2. The van der Waals surface area contributed by atoms with Crippen LogP contribution in [0.2, 0.25) is 0 Å². The fraction of sp³-hybridized carbons (Fsp3) is 0.520. The first-order chi connectivity index (χ1) is 19.3. The number of nitrogens with two attached hydrogens (primary N) is 5. The van der Waals surface area contributed by atoms with Crippen molar-refractivity contribution >= 4 is 35.6 Å². The SMILES string of the molecule is NCCCCC(NC(=O)C(Cc1ccc(O)cc1)NC(=O)C(N)CCCN=C(N)N)C(=O)NC(CC(N)=O)C(=O)O. The molecule has 1 aromatic rings. The fourth-order valence-electron chi connectivity index (χ4n) is 3.71. The van der Waals surface area contributed by atoms with Gasteiger partial charge in [0, 0.05) is 13.0 Å². The number of carboxylic acids is 1. The molecule has 1 rings (SSSR count). The van der Waals surface area contributed by atoms with E-state index >= 15 is 0 Å². The van der Waals surface area contributed by atoms with Crippen LogP contribution in [-0.2, 0) is 30.4 Å². The van der Waals surface area contributed by atoms with Gasteiger partial charge in [-0.05, 0) is 56.3 Å². The topological polar surface area (TPSA) is 304 Å². The molecule has 15 N–H and O–H groups in total. The number of amides is 4. The molecule has 41 heavy (non-hydrogen) atoms. The number of primary amides is 1. The van der Waals surface area contributed by atoms with E-state index in [0.29, 0.717) is 31.4 Å². The minimum atomic E-state index is -1.60. The van der Waals surface area contributed by atoms with Crippen LogP contribution >= 0.6 is 0 Å². The molecule has 0 saturated carbocycles. The van der Waals surface area contributed by atoms with Gasteiger partial charge in [-0.1, -0.05) is 12.1 Å². The molecule has 0 bridgehead atoms. The maximum atomic E-state index is 13.4. The zero-order valence-electron chi connectivity index (χ0n) is 22.8. The standard InChI is InChI=1S/C25H41N9O7/c26-10-2-1-5-17(22(38)34-19(24(40)41)13-20(28)36)32-23(39)18(12-14-6-8-15(35)9-7-14)33-21(37)16(27)4-3-11-31-25(29)30/h6-9,16-19,35H,1-5,10-13,26-27H2,(H2,28,36)(H,32,39)(H,33,37)(H,34,38)(H,40,41)(H4,29,30,31). The number of unbranched alkanes of at least 4 members (excludes halogenated alkanes) is 1. The number of carboxylic acid groups (broad SMARTS) is 1. The quantitative estimate of drug-likeness (QED) is 0.0443. The number of nitrogens with zero attached hydrogens (tertiary/aromatic N) is 1. The molecule has 1 aromatic carbocycles. The third-order valence-corrected chi connectivity index (χ3v) is 5.91. The minimum Gasteiger partial charge on any atom is -0.508 e. The van der Waals surface area contributed by atoms with Gasteiger partial charge in [-0.15, -0.1) is 0 Å². The van der Waals surface area contributed by atoms with E-state index in [2.05, 4.69) is 20.9 Å². The number of hydrogen-bond acceptors (Lipinski definition) is 9. The van der Waals surface area contributed by atoms with Crippen molar-refractivity contribution in [3.63, 3.8) is 0 Å². The highest BCUT2D eigenvalue weighted by Gasteiger charge is 2.31. The van der Waals surface area contributed by atoms with Crippen molar-refractivity contribution in [3.8, 4) is 5.75 Å². The predicted molar refractivity (Wildman–Crippen MR) is 150 cm³/mol. The van der Waals surface area contributed by atoms with E-state index in [1.165, 1.54) is 12.1 Å². The highest BCUT2D eigenvalue weighted by atomic mass is 16.4. The van der Waals surface area contributed by atoms with Crippen molar-refractivity contribution < 1.29 is 34.2 Å². The van der Waals surface area contributed by atoms with Gasteiger partial charge in [0.2, 0.25) is 23.6 Å². The average Bonchev–Trinajstić information content (AvgIpc) is 2.90. The van der Waals surface area contributed by atoms with E-state index in [1.54, 1.807) is 12.1 Å². The van der Waals surface area contributed by atoms with Crippen LogP contribution in [0.4, 0.5) is 0 Å². The summed E-state index contributed by atoms with van der Waals surface area (Å²) < 4.78 is 0. The number of aromatic hydroxyl groups is 1. The van der Waals surface area contributed by atoms with Crippen LogP contribution in [0.1, 0.15) is 44.1 Å². The molecule has 0 aliphatic heterocycles. The fourth-order valence-corrected chi connectivity index (χ4v) is 3.71. The summed E-state index contributed by atoms with van der Waals surface area (Å²) in [6.45, 7) is 0.579. The van der Waals surface area contributed by atoms with E-state index in [9.17, 15) is 34.2 Å². The Hall–Kier alpha value is -4.44. The van der Waals surface area contributed by atoms with E-state index in [4.69, 9.17) is 28.7 Å². The van der Waals surface area contributed by atoms with Gasteiger partial charge in [0.15, 0.2) is 5.96 Å². The first-order valence-corrected chi connectivity index (χ1v) is 13.0. The summed E-state index contributed by atoms with van der Waals surface area (Å²) >= 11 is 0. The average molecular weight is 580 g/mol. The largest absolute Gasteiger partial charge is 0.508 e. The van der Waals surface area contributed by atoms with Gasteiger partial charge in [-0.2, -0.15) is 0 Å². The Balaban J connectivity index is 3.11. The first-order valence-electron chi connectivity index (χ1n) is 13.0. The number of rotatable bonds is 19. The van der Waals surface area contributed by atoms with Gasteiger partial charge >= 0.3 is 5.97 Å². The van der Waals surface area contributed by atoms with Crippen molar-refractivity contribution in [2.24, 2.45) is 33.7 Å². The number of aliphatic carboxylic acids is 1. The van der Waals surface area contributed by atoms with Crippen molar-refractivity contribution in [3.05, 3.63) is 29.8 Å². The number of aliphatic imine (C=N–C) groups is 1. The van der Waals surface area contributed by atoms with Gasteiger partial charge in [0.1, 0.15) is 23.9 Å². The monoisotopic (exact) mass is 579 g/mol. The molecule has 0 heterocycles. The van der Waals surface area contributed by atoms with Gasteiger partial charge < -0.3 is 54.8 Å². The molecule has 0 aliphatic carbocycles. The molecule has 16 heteroatoms. The molecule has 4 unspecified atom stereocenters. The van der Waals surface area contributed by atoms with Crippen LogP contribution in [0.15, 0.2) is 29.3 Å². The molecule has 0 aliphatic rings. The molecule has 4 amide bonds. The summed E-state index contributed by atoms with van der Waals surface area (Å²) in [6, 6.07) is 0.946. The van der Waals surface area contributed by atoms with Crippen molar-refractivity contribution in [2.75, 3.05) is 13.1 Å². The lowest BCUT2D eigenvalue weighted by molar-refractivity contribution is -0.143. The molecule has 16 nitrogen and oxygen atoms in total. The molecule has 0 fully saturated rings. The molecule has 4 atom stereocenters. The van der Waals surface area contributed by atoms with Crippen LogP contribution in [0.3, 0.4) is 0 Å². The highest BCUT2D eigenvalue weighted by molar-refractivity contribution is 5.95. The summed E-state index contributed by atoms with van der Waals surface area (Å²) in [5.41, 5.74) is 27.8. The molecular formula is C25H41N9O7. The number of benzene rings is 1. The van der Waals surface area contributed by atoms with Gasteiger partial charge in [0.05, 0.1) is 12.5 Å². The van der Waals surface area contributed by atoms with Crippen LogP contribution in [0.25, 0.3) is 0 Å².